The van der Waals surface area contributed by atoms with Crippen molar-refractivity contribution in [1.82, 2.24) is 20.2 Å². The van der Waals surface area contributed by atoms with Gasteiger partial charge in [-0.1, -0.05) is 30.4 Å². The average molecular weight is 329 g/mol. The topological polar surface area (TPSA) is 101 Å². The molecule has 1 aromatic carbocycles. The number of amides is 1. The maximum absolute atomic E-state index is 12.0. The lowest BCUT2D eigenvalue weighted by Crippen LogP contribution is -2.18. The lowest BCUT2D eigenvalue weighted by atomic mass is 10.2. The van der Waals surface area contributed by atoms with Gasteiger partial charge in [-0.2, -0.15) is 0 Å². The Bertz CT molecular complexity index is 902. The Morgan fingerprint density at radius 1 is 1.30 bits per heavy atom. The van der Waals surface area contributed by atoms with E-state index in [1.165, 1.54) is 11.3 Å². The van der Waals surface area contributed by atoms with Gasteiger partial charge in [0, 0.05) is 12.8 Å². The summed E-state index contributed by atoms with van der Waals surface area (Å²) < 4.78 is 0. The maximum atomic E-state index is 12.0. The number of carbonyl (C=O) groups excluding carboxylic acids is 1. The van der Waals surface area contributed by atoms with Crippen molar-refractivity contribution in [2.75, 3.05) is 5.32 Å². The van der Waals surface area contributed by atoms with E-state index in [1.807, 2.05) is 25.1 Å². The first-order valence-electron chi connectivity index (χ1n) is 7.26. The molecule has 0 radical (unpaired) electrons. The molecule has 0 aliphatic rings. The van der Waals surface area contributed by atoms with Crippen LogP contribution in [-0.4, -0.2) is 26.1 Å². The number of nitrogens with one attached hydrogen (secondary N) is 2. The Labute approximate surface area is 135 Å². The second-order valence-electron chi connectivity index (χ2n) is 4.93. The predicted molar refractivity (Wildman–Crippen MR) is 88.6 cm³/mol. The van der Waals surface area contributed by atoms with Crippen LogP contribution in [0, 0.1) is 0 Å². The smallest absolute Gasteiger partial charge is 0.270 e. The summed E-state index contributed by atoms with van der Waals surface area (Å²) in [5, 5.41) is 11.9. The second kappa shape index (κ2) is 6.66. The monoisotopic (exact) mass is 329 g/mol. The molecule has 2 aromatic heterocycles. The van der Waals surface area contributed by atoms with Gasteiger partial charge in [0.1, 0.15) is 10.7 Å². The zero-order valence-corrected chi connectivity index (χ0v) is 13.3. The number of benzene rings is 1. The number of para-hydroxylation sites is 2. The number of H-pyrrole nitrogens is 1. The maximum Gasteiger partial charge on any atom is 0.270 e. The SMILES string of the molecule is CCc1nnc(NC(=O)CCc2nc3ccccc3[nH]c2=O)s1. The van der Waals surface area contributed by atoms with Gasteiger partial charge in [0.05, 0.1) is 11.0 Å². The molecule has 0 aliphatic heterocycles. The van der Waals surface area contributed by atoms with Gasteiger partial charge in [0.25, 0.3) is 5.56 Å². The normalized spacial score (nSPS) is 10.8. The number of aromatic nitrogens is 4. The third kappa shape index (κ3) is 3.59. The van der Waals surface area contributed by atoms with Crippen LogP contribution in [0.2, 0.25) is 0 Å². The van der Waals surface area contributed by atoms with Crippen LogP contribution in [0.3, 0.4) is 0 Å². The zero-order valence-electron chi connectivity index (χ0n) is 12.5. The summed E-state index contributed by atoms with van der Waals surface area (Å²) in [6.07, 6.45) is 1.21. The van der Waals surface area contributed by atoms with Crippen molar-refractivity contribution in [3.63, 3.8) is 0 Å². The fourth-order valence-electron chi connectivity index (χ4n) is 2.10. The molecule has 3 aromatic rings. The summed E-state index contributed by atoms with van der Waals surface area (Å²) in [7, 11) is 0. The third-order valence-corrected chi connectivity index (χ3v) is 4.26. The van der Waals surface area contributed by atoms with Gasteiger partial charge in [-0.15, -0.1) is 10.2 Å². The molecule has 118 valence electrons. The van der Waals surface area contributed by atoms with Crippen molar-refractivity contribution in [1.29, 1.82) is 0 Å². The van der Waals surface area contributed by atoms with E-state index in [-0.39, 0.29) is 24.3 Å². The van der Waals surface area contributed by atoms with Crippen LogP contribution in [0.15, 0.2) is 29.1 Å². The number of aromatic amines is 1. The highest BCUT2D eigenvalue weighted by Gasteiger charge is 2.10. The predicted octanol–water partition coefficient (Wildman–Crippen LogP) is 1.91. The first-order valence-corrected chi connectivity index (χ1v) is 8.07. The molecule has 0 aliphatic carbocycles. The van der Waals surface area contributed by atoms with E-state index in [9.17, 15) is 9.59 Å². The summed E-state index contributed by atoms with van der Waals surface area (Å²) in [6.45, 7) is 1.98. The molecule has 0 saturated heterocycles. The van der Waals surface area contributed by atoms with Crippen LogP contribution in [0.4, 0.5) is 5.13 Å². The van der Waals surface area contributed by atoms with Crippen molar-refractivity contribution >= 4 is 33.4 Å². The molecule has 23 heavy (non-hydrogen) atoms. The van der Waals surface area contributed by atoms with Gasteiger partial charge in [-0.25, -0.2) is 4.98 Å². The minimum absolute atomic E-state index is 0.162. The molecule has 0 fully saturated rings. The Kier molecular flexibility index (Phi) is 4.42. The van der Waals surface area contributed by atoms with Gasteiger partial charge < -0.3 is 10.3 Å². The largest absolute Gasteiger partial charge is 0.319 e. The molecule has 3 rings (SSSR count). The average Bonchev–Trinajstić information content (AvgIpc) is 3.00. The van der Waals surface area contributed by atoms with Crippen molar-refractivity contribution in [2.24, 2.45) is 0 Å². The van der Waals surface area contributed by atoms with Crippen LogP contribution in [0.25, 0.3) is 11.0 Å². The Balaban J connectivity index is 1.66. The number of fused-ring (bicyclic) bond motifs is 1. The van der Waals surface area contributed by atoms with E-state index in [2.05, 4.69) is 25.5 Å². The number of hydrogen-bond donors (Lipinski definition) is 2. The third-order valence-electron chi connectivity index (χ3n) is 3.27. The Morgan fingerprint density at radius 3 is 2.91 bits per heavy atom. The number of nitrogens with zero attached hydrogens (tertiary/aromatic N) is 3. The summed E-state index contributed by atoms with van der Waals surface area (Å²) in [5.41, 5.74) is 1.48. The molecule has 8 heteroatoms. The van der Waals surface area contributed by atoms with Crippen molar-refractivity contribution < 1.29 is 4.79 Å². The van der Waals surface area contributed by atoms with E-state index < -0.39 is 0 Å². The van der Waals surface area contributed by atoms with E-state index in [0.29, 0.717) is 21.9 Å². The highest BCUT2D eigenvalue weighted by atomic mass is 32.1. The first-order chi connectivity index (χ1) is 11.2. The molecular formula is C15H15N5O2S. The Morgan fingerprint density at radius 2 is 2.13 bits per heavy atom. The van der Waals surface area contributed by atoms with Gasteiger partial charge >= 0.3 is 0 Å². The van der Waals surface area contributed by atoms with Gasteiger partial charge in [-0.3, -0.25) is 9.59 Å². The number of rotatable bonds is 5. The van der Waals surface area contributed by atoms with E-state index in [1.54, 1.807) is 6.07 Å². The highest BCUT2D eigenvalue weighted by Crippen LogP contribution is 2.15. The van der Waals surface area contributed by atoms with Crippen molar-refractivity contribution in [3.05, 3.63) is 45.3 Å². The molecule has 7 nitrogen and oxygen atoms in total. The number of hydrogen-bond acceptors (Lipinski definition) is 6. The van der Waals surface area contributed by atoms with Gasteiger partial charge in [0.15, 0.2) is 0 Å². The summed E-state index contributed by atoms with van der Waals surface area (Å²) in [5.74, 6) is -0.210. The van der Waals surface area contributed by atoms with E-state index >= 15 is 0 Å². The van der Waals surface area contributed by atoms with Crippen LogP contribution in [0.1, 0.15) is 24.0 Å². The summed E-state index contributed by atoms with van der Waals surface area (Å²) in [6, 6.07) is 7.30. The minimum Gasteiger partial charge on any atom is -0.319 e. The molecule has 0 saturated carbocycles. The molecular weight excluding hydrogens is 314 g/mol. The van der Waals surface area contributed by atoms with Crippen molar-refractivity contribution in [2.45, 2.75) is 26.2 Å². The quantitative estimate of drug-likeness (QED) is 0.744. The first kappa shape index (κ1) is 15.3. The minimum atomic E-state index is -0.263. The molecule has 0 unspecified atom stereocenters. The van der Waals surface area contributed by atoms with Crippen molar-refractivity contribution in [3.8, 4) is 0 Å². The fraction of sp³-hybridized carbons (Fsp3) is 0.267. The lowest BCUT2D eigenvalue weighted by Gasteiger charge is -2.03. The Hall–Kier alpha value is -2.61. The van der Waals surface area contributed by atoms with Gasteiger partial charge in [-0.05, 0) is 18.6 Å². The molecule has 0 atom stereocenters. The molecule has 1 amide bonds. The van der Waals surface area contributed by atoms with Gasteiger partial charge in [0.2, 0.25) is 11.0 Å². The number of anilines is 1. The molecule has 2 heterocycles. The number of aryl methyl sites for hydroxylation is 2. The standard InChI is InChI=1S/C15H15N5O2S/c1-2-13-19-20-15(23-13)18-12(21)8-7-11-14(22)17-10-6-4-3-5-9(10)16-11/h3-6H,2,7-8H2,1H3,(H,17,22)(H,18,20,21). The van der Waals surface area contributed by atoms with E-state index in [4.69, 9.17) is 0 Å². The molecule has 2 N–H and O–H groups in total. The lowest BCUT2D eigenvalue weighted by molar-refractivity contribution is -0.116. The zero-order chi connectivity index (χ0) is 16.2. The van der Waals surface area contributed by atoms with E-state index in [0.717, 1.165) is 11.4 Å². The summed E-state index contributed by atoms with van der Waals surface area (Å²) in [4.78, 5) is 31.0. The summed E-state index contributed by atoms with van der Waals surface area (Å²) >= 11 is 1.35. The number of carbonyl (C=O) groups is 1. The molecule has 0 bridgehead atoms. The second-order valence-corrected chi connectivity index (χ2v) is 5.99. The van der Waals surface area contributed by atoms with Crippen LogP contribution < -0.4 is 10.9 Å². The fourth-order valence-corrected chi connectivity index (χ4v) is 2.79. The van der Waals surface area contributed by atoms with Crippen LogP contribution in [0.5, 0.6) is 0 Å². The highest BCUT2D eigenvalue weighted by molar-refractivity contribution is 7.15. The molecule has 0 spiro atoms. The van der Waals surface area contributed by atoms with Crippen LogP contribution >= 0.6 is 11.3 Å². The van der Waals surface area contributed by atoms with Crippen LogP contribution in [-0.2, 0) is 17.6 Å².